The predicted octanol–water partition coefficient (Wildman–Crippen LogP) is -1.23. The number of allylic oxidation sites excluding steroid dienone is 3. The van der Waals surface area contributed by atoms with Crippen molar-refractivity contribution in [2.45, 2.75) is 88.9 Å². The highest BCUT2D eigenvalue weighted by atomic mass is 16.8. The van der Waals surface area contributed by atoms with E-state index < -0.39 is 74.6 Å². The molecule has 10 atom stereocenters. The van der Waals surface area contributed by atoms with Crippen LogP contribution >= 0.6 is 0 Å². The van der Waals surface area contributed by atoms with E-state index in [9.17, 15) is 35.4 Å². The normalized spacial score (nSPS) is 42.9. The third-order valence-corrected chi connectivity index (χ3v) is 6.97. The molecular weight excluding hydrogens is 464 g/mol. The summed E-state index contributed by atoms with van der Waals surface area (Å²) < 4.78 is 22.5. The molecule has 0 bridgehead atoms. The number of ketones is 1. The highest BCUT2D eigenvalue weighted by Gasteiger charge is 2.53. The third kappa shape index (κ3) is 6.02. The molecule has 200 valence electrons. The zero-order chi connectivity index (χ0) is 26.1. The summed E-state index contributed by atoms with van der Waals surface area (Å²) in [6.07, 6.45) is -4.70. The Labute approximate surface area is 204 Å². The number of aliphatic hydroxyl groups is 6. The number of ether oxygens (including phenoxy) is 4. The molecule has 0 aromatic rings. The number of carbonyl (C=O) groups is 1. The van der Waals surface area contributed by atoms with Gasteiger partial charge in [0.25, 0.3) is 0 Å². The fourth-order valence-electron chi connectivity index (χ4n) is 4.88. The van der Waals surface area contributed by atoms with E-state index >= 15 is 0 Å². The standard InChI is InChI=1S/C24H38O11/c1-12-7-14(27)8-23(3,4)15(12)6-5-13(2)33-21-19(18(29)17(28)16(9-25)34-21)35-22-20(30)24(31,10-26)11-32-22/h5-7,13,15-22,25-26,28-31H,8-11H2,1-4H3/b6-5+/t13-,15+,16-,17-,18+,19-,20+,21-,22+,24-/m1/s1. The third-order valence-electron chi connectivity index (χ3n) is 6.97. The second-order valence-electron chi connectivity index (χ2n) is 10.4. The largest absolute Gasteiger partial charge is 0.394 e. The first-order chi connectivity index (χ1) is 16.3. The number of hydrogen-bond acceptors (Lipinski definition) is 11. The minimum Gasteiger partial charge on any atom is -0.394 e. The maximum atomic E-state index is 11.9. The van der Waals surface area contributed by atoms with Crippen LogP contribution in [-0.2, 0) is 23.7 Å². The molecule has 0 spiro atoms. The molecule has 0 amide bonds. The predicted molar refractivity (Wildman–Crippen MR) is 121 cm³/mol. The number of rotatable bonds is 8. The summed E-state index contributed by atoms with van der Waals surface area (Å²) in [4.78, 5) is 11.9. The Bertz CT molecular complexity index is 811. The van der Waals surface area contributed by atoms with Crippen LogP contribution in [0.2, 0.25) is 0 Å². The van der Waals surface area contributed by atoms with Crippen molar-refractivity contribution in [3.63, 3.8) is 0 Å². The van der Waals surface area contributed by atoms with Crippen LogP contribution in [0.15, 0.2) is 23.8 Å². The zero-order valence-corrected chi connectivity index (χ0v) is 20.5. The average molecular weight is 503 g/mol. The summed E-state index contributed by atoms with van der Waals surface area (Å²) in [6, 6.07) is 0. The van der Waals surface area contributed by atoms with Gasteiger partial charge in [0.15, 0.2) is 18.4 Å². The van der Waals surface area contributed by atoms with E-state index in [0.717, 1.165) is 5.57 Å². The molecule has 0 unspecified atom stereocenters. The van der Waals surface area contributed by atoms with E-state index in [0.29, 0.717) is 6.42 Å². The van der Waals surface area contributed by atoms with Crippen LogP contribution in [0.4, 0.5) is 0 Å². The molecule has 0 saturated carbocycles. The van der Waals surface area contributed by atoms with Gasteiger partial charge >= 0.3 is 0 Å². The van der Waals surface area contributed by atoms with Gasteiger partial charge in [0.1, 0.15) is 36.1 Å². The van der Waals surface area contributed by atoms with Crippen LogP contribution in [0.3, 0.4) is 0 Å². The van der Waals surface area contributed by atoms with Gasteiger partial charge < -0.3 is 49.6 Å². The lowest BCUT2D eigenvalue weighted by Crippen LogP contribution is -2.61. The lowest BCUT2D eigenvalue weighted by Gasteiger charge is -2.43. The minimum absolute atomic E-state index is 0.00127. The Morgan fingerprint density at radius 1 is 1.20 bits per heavy atom. The first kappa shape index (κ1) is 28.3. The first-order valence-electron chi connectivity index (χ1n) is 11.8. The summed E-state index contributed by atoms with van der Waals surface area (Å²) in [5.74, 6) is 0.0884. The monoisotopic (exact) mass is 502 g/mol. The Balaban J connectivity index is 1.74. The van der Waals surface area contributed by atoms with Gasteiger partial charge in [-0.15, -0.1) is 0 Å². The number of hydrogen-bond donors (Lipinski definition) is 6. The van der Waals surface area contributed by atoms with Gasteiger partial charge in [-0.1, -0.05) is 31.6 Å². The van der Waals surface area contributed by atoms with Gasteiger partial charge in [-0.05, 0) is 25.3 Å². The van der Waals surface area contributed by atoms with E-state index in [4.69, 9.17) is 18.9 Å². The fraction of sp³-hybridized carbons (Fsp3) is 0.792. The van der Waals surface area contributed by atoms with Crippen molar-refractivity contribution in [3.05, 3.63) is 23.8 Å². The van der Waals surface area contributed by atoms with Crippen molar-refractivity contribution in [3.8, 4) is 0 Å². The smallest absolute Gasteiger partial charge is 0.187 e. The molecule has 0 aromatic heterocycles. The zero-order valence-electron chi connectivity index (χ0n) is 20.5. The molecule has 0 radical (unpaired) electrons. The van der Waals surface area contributed by atoms with Gasteiger partial charge in [0.2, 0.25) is 0 Å². The topological polar surface area (TPSA) is 175 Å². The van der Waals surface area contributed by atoms with Gasteiger partial charge in [0, 0.05) is 12.3 Å². The summed E-state index contributed by atoms with van der Waals surface area (Å²) >= 11 is 0. The second-order valence-corrected chi connectivity index (χ2v) is 10.4. The molecule has 11 nitrogen and oxygen atoms in total. The number of carbonyl (C=O) groups excluding carboxylic acids is 1. The molecule has 2 aliphatic heterocycles. The van der Waals surface area contributed by atoms with Crippen LogP contribution in [0.1, 0.15) is 34.1 Å². The van der Waals surface area contributed by atoms with Crippen LogP contribution < -0.4 is 0 Å². The maximum absolute atomic E-state index is 11.9. The molecule has 0 aromatic carbocycles. The van der Waals surface area contributed by atoms with Gasteiger partial charge in [0.05, 0.1) is 25.9 Å². The molecule has 35 heavy (non-hydrogen) atoms. The molecule has 11 heteroatoms. The molecule has 2 saturated heterocycles. The quantitative estimate of drug-likeness (QED) is 0.219. The van der Waals surface area contributed by atoms with E-state index in [-0.39, 0.29) is 17.1 Å². The minimum atomic E-state index is -1.94. The van der Waals surface area contributed by atoms with Gasteiger partial charge in [-0.3, -0.25) is 4.79 Å². The van der Waals surface area contributed by atoms with Crippen LogP contribution in [0, 0.1) is 11.3 Å². The van der Waals surface area contributed by atoms with E-state index in [2.05, 4.69) is 0 Å². The van der Waals surface area contributed by atoms with E-state index in [1.54, 1.807) is 19.1 Å². The van der Waals surface area contributed by atoms with Gasteiger partial charge in [-0.2, -0.15) is 0 Å². The average Bonchev–Trinajstić information content (AvgIpc) is 3.06. The van der Waals surface area contributed by atoms with Crippen LogP contribution in [-0.4, -0.2) is 111 Å². The second kappa shape index (κ2) is 11.0. The molecule has 3 rings (SSSR count). The summed E-state index contributed by atoms with van der Waals surface area (Å²) in [5, 5.41) is 60.4. The van der Waals surface area contributed by atoms with Crippen molar-refractivity contribution >= 4 is 5.78 Å². The van der Waals surface area contributed by atoms with Gasteiger partial charge in [-0.25, -0.2) is 0 Å². The Hall–Kier alpha value is -1.25. The van der Waals surface area contributed by atoms with Crippen molar-refractivity contribution < 1.29 is 54.4 Å². The van der Waals surface area contributed by atoms with E-state index in [1.807, 2.05) is 26.8 Å². The van der Waals surface area contributed by atoms with Crippen LogP contribution in [0.5, 0.6) is 0 Å². The Kier molecular flexibility index (Phi) is 8.91. The fourth-order valence-corrected chi connectivity index (χ4v) is 4.88. The molecule has 6 N–H and O–H groups in total. The molecule has 1 aliphatic carbocycles. The summed E-state index contributed by atoms with van der Waals surface area (Å²) in [5.41, 5.74) is -1.28. The number of aliphatic hydroxyl groups excluding tert-OH is 5. The van der Waals surface area contributed by atoms with Crippen molar-refractivity contribution in [1.82, 2.24) is 0 Å². The Morgan fingerprint density at radius 2 is 1.89 bits per heavy atom. The highest BCUT2D eigenvalue weighted by molar-refractivity contribution is 5.92. The molecule has 3 aliphatic rings. The highest BCUT2D eigenvalue weighted by Crippen LogP contribution is 2.40. The summed E-state index contributed by atoms with van der Waals surface area (Å²) in [6.45, 7) is 5.89. The lowest BCUT2D eigenvalue weighted by molar-refractivity contribution is -0.339. The molecule has 2 heterocycles. The Morgan fingerprint density at radius 3 is 2.46 bits per heavy atom. The van der Waals surface area contributed by atoms with Crippen molar-refractivity contribution in [1.29, 1.82) is 0 Å². The van der Waals surface area contributed by atoms with Crippen LogP contribution in [0.25, 0.3) is 0 Å². The SMILES string of the molecule is CC1=CC(=O)CC(C)(C)[C@H]1/C=C/[C@@H](C)O[C@@H]1O[C@H](CO)[C@@H](O)[C@H](O)[C@H]1O[C@@H]1OC[C@](O)(CO)[C@H]1O. The molecular formula is C24H38O11. The summed E-state index contributed by atoms with van der Waals surface area (Å²) in [7, 11) is 0. The maximum Gasteiger partial charge on any atom is 0.187 e. The van der Waals surface area contributed by atoms with Crippen molar-refractivity contribution in [2.24, 2.45) is 11.3 Å². The lowest BCUT2D eigenvalue weighted by atomic mass is 9.68. The first-order valence-corrected chi connectivity index (χ1v) is 11.8. The van der Waals surface area contributed by atoms with E-state index in [1.165, 1.54) is 0 Å². The molecule has 2 fully saturated rings. The van der Waals surface area contributed by atoms with Crippen molar-refractivity contribution in [2.75, 3.05) is 19.8 Å².